The monoisotopic (exact) mass is 271 g/mol. The molecule has 1 saturated carbocycles. The molecule has 0 aromatic rings. The van der Waals surface area contributed by atoms with Crippen LogP contribution in [0.2, 0.25) is 0 Å². The lowest BCUT2D eigenvalue weighted by Gasteiger charge is -2.41. The Balaban J connectivity index is 2.97. The van der Waals surface area contributed by atoms with Crippen LogP contribution in [-0.2, 0) is 14.4 Å². The average Bonchev–Trinajstić information content (AvgIpc) is 2.24. The minimum Gasteiger partial charge on any atom is -0.409 e. The fourth-order valence-corrected chi connectivity index (χ4v) is 2.08. The summed E-state index contributed by atoms with van der Waals surface area (Å²) < 4.78 is 0. The van der Waals surface area contributed by atoms with Gasteiger partial charge in [-0.15, -0.1) is 0 Å². The molecular weight excluding hydrogens is 254 g/mol. The Morgan fingerprint density at radius 3 is 1.84 bits per heavy atom. The lowest BCUT2D eigenvalue weighted by Crippen LogP contribution is -2.57. The molecule has 1 rings (SSSR count). The van der Waals surface area contributed by atoms with Gasteiger partial charge in [-0.3, -0.25) is 14.4 Å². The van der Waals surface area contributed by atoms with Crippen LogP contribution in [0.4, 0.5) is 0 Å². The van der Waals surface area contributed by atoms with E-state index in [9.17, 15) is 14.4 Å². The SMILES string of the molecule is NC(=O)CN(CC(N)=O)C(=O)C1(C(N)=NO)CCC1. The minimum absolute atomic E-state index is 0.234. The fraction of sp³-hybridized carbons (Fsp3) is 0.600. The molecule has 1 aliphatic carbocycles. The highest BCUT2D eigenvalue weighted by molar-refractivity contribution is 6.08. The van der Waals surface area contributed by atoms with Crippen LogP contribution in [0, 0.1) is 5.41 Å². The van der Waals surface area contributed by atoms with Crippen molar-refractivity contribution in [1.82, 2.24) is 4.90 Å². The predicted octanol–water partition coefficient (Wildman–Crippen LogP) is -2.30. The van der Waals surface area contributed by atoms with Crippen molar-refractivity contribution >= 4 is 23.6 Å². The number of amidine groups is 1. The smallest absolute Gasteiger partial charge is 0.237 e. The molecule has 0 aromatic heterocycles. The maximum absolute atomic E-state index is 12.4. The Morgan fingerprint density at radius 1 is 1.11 bits per heavy atom. The summed E-state index contributed by atoms with van der Waals surface area (Å²) in [7, 11) is 0. The van der Waals surface area contributed by atoms with Crippen molar-refractivity contribution < 1.29 is 19.6 Å². The van der Waals surface area contributed by atoms with Crippen molar-refractivity contribution in [2.75, 3.05) is 13.1 Å². The zero-order chi connectivity index (χ0) is 14.6. The van der Waals surface area contributed by atoms with Gasteiger partial charge < -0.3 is 27.3 Å². The first-order valence-electron chi connectivity index (χ1n) is 5.67. The first-order chi connectivity index (χ1) is 8.83. The molecule has 9 nitrogen and oxygen atoms in total. The molecule has 106 valence electrons. The van der Waals surface area contributed by atoms with E-state index in [2.05, 4.69) is 5.16 Å². The number of rotatable bonds is 6. The highest BCUT2D eigenvalue weighted by Gasteiger charge is 2.50. The van der Waals surface area contributed by atoms with E-state index in [1.54, 1.807) is 0 Å². The Hall–Kier alpha value is -2.32. The van der Waals surface area contributed by atoms with Gasteiger partial charge in [0.2, 0.25) is 17.7 Å². The van der Waals surface area contributed by atoms with E-state index in [0.29, 0.717) is 12.8 Å². The topological polar surface area (TPSA) is 165 Å². The summed E-state index contributed by atoms with van der Waals surface area (Å²) in [6.45, 7) is -0.884. The molecule has 9 heteroatoms. The van der Waals surface area contributed by atoms with E-state index < -0.39 is 36.2 Å². The summed E-state index contributed by atoms with van der Waals surface area (Å²) in [6, 6.07) is 0. The van der Waals surface area contributed by atoms with Crippen molar-refractivity contribution in [1.29, 1.82) is 0 Å². The van der Waals surface area contributed by atoms with Gasteiger partial charge in [0.05, 0.1) is 13.1 Å². The number of nitrogens with two attached hydrogens (primary N) is 3. The molecule has 0 spiro atoms. The quantitative estimate of drug-likeness (QED) is 0.184. The maximum atomic E-state index is 12.4. The summed E-state index contributed by atoms with van der Waals surface area (Å²) in [6.07, 6.45) is 1.49. The van der Waals surface area contributed by atoms with E-state index in [0.717, 1.165) is 11.3 Å². The standard InChI is InChI=1S/C10H17N5O4/c11-6(16)4-15(5-7(12)17)9(18)10(2-1-3-10)8(13)14-19/h19H,1-5H2,(H2,11,16)(H2,12,17)(H2,13,14). The summed E-state index contributed by atoms with van der Waals surface area (Å²) >= 11 is 0. The molecule has 0 aliphatic heterocycles. The largest absolute Gasteiger partial charge is 0.409 e. The number of carbonyl (C=O) groups excluding carboxylic acids is 3. The van der Waals surface area contributed by atoms with Gasteiger partial charge >= 0.3 is 0 Å². The molecule has 0 radical (unpaired) electrons. The molecule has 1 aliphatic rings. The van der Waals surface area contributed by atoms with Crippen LogP contribution in [-0.4, -0.2) is 46.8 Å². The van der Waals surface area contributed by atoms with Crippen LogP contribution in [0.1, 0.15) is 19.3 Å². The molecule has 0 atom stereocenters. The van der Waals surface area contributed by atoms with Crippen molar-refractivity contribution in [2.45, 2.75) is 19.3 Å². The second kappa shape index (κ2) is 5.55. The second-order valence-electron chi connectivity index (χ2n) is 4.51. The van der Waals surface area contributed by atoms with Crippen LogP contribution in [0.5, 0.6) is 0 Å². The molecule has 1 fully saturated rings. The lowest BCUT2D eigenvalue weighted by molar-refractivity contribution is -0.146. The van der Waals surface area contributed by atoms with Gasteiger partial charge in [0.1, 0.15) is 5.41 Å². The third kappa shape index (κ3) is 2.92. The molecule has 0 unspecified atom stereocenters. The first kappa shape index (κ1) is 14.7. The van der Waals surface area contributed by atoms with Crippen LogP contribution in [0.3, 0.4) is 0 Å². The average molecular weight is 271 g/mol. The predicted molar refractivity (Wildman–Crippen MR) is 64.7 cm³/mol. The number of primary amides is 2. The molecule has 19 heavy (non-hydrogen) atoms. The van der Waals surface area contributed by atoms with E-state index in [4.69, 9.17) is 22.4 Å². The molecule has 3 amide bonds. The van der Waals surface area contributed by atoms with Gasteiger partial charge in [-0.25, -0.2) is 0 Å². The Labute approximate surface area is 109 Å². The number of amides is 3. The van der Waals surface area contributed by atoms with E-state index in [1.807, 2.05) is 0 Å². The summed E-state index contributed by atoms with van der Waals surface area (Å²) in [5.41, 5.74) is 14.4. The third-order valence-corrected chi connectivity index (χ3v) is 3.20. The van der Waals surface area contributed by atoms with E-state index >= 15 is 0 Å². The normalized spacial score (nSPS) is 17.4. The summed E-state index contributed by atoms with van der Waals surface area (Å²) in [5.74, 6) is -2.36. The van der Waals surface area contributed by atoms with Crippen molar-refractivity contribution in [3.8, 4) is 0 Å². The van der Waals surface area contributed by atoms with Gasteiger partial charge in [0, 0.05) is 0 Å². The summed E-state index contributed by atoms with van der Waals surface area (Å²) in [5, 5.41) is 11.6. The zero-order valence-electron chi connectivity index (χ0n) is 10.3. The second-order valence-corrected chi connectivity index (χ2v) is 4.51. The molecule has 0 heterocycles. The van der Waals surface area contributed by atoms with Gasteiger partial charge in [0.15, 0.2) is 5.84 Å². The Bertz CT molecular complexity index is 414. The van der Waals surface area contributed by atoms with Crippen molar-refractivity contribution in [2.24, 2.45) is 27.8 Å². The van der Waals surface area contributed by atoms with E-state index in [-0.39, 0.29) is 5.84 Å². The Kier molecular flexibility index (Phi) is 4.30. The highest BCUT2D eigenvalue weighted by Crippen LogP contribution is 2.42. The number of hydrogen-bond donors (Lipinski definition) is 4. The first-order valence-corrected chi connectivity index (χ1v) is 5.67. The molecule has 7 N–H and O–H groups in total. The van der Waals surface area contributed by atoms with Crippen LogP contribution >= 0.6 is 0 Å². The van der Waals surface area contributed by atoms with Gasteiger partial charge in [0.25, 0.3) is 0 Å². The van der Waals surface area contributed by atoms with Gasteiger partial charge in [-0.05, 0) is 12.8 Å². The highest BCUT2D eigenvalue weighted by atomic mass is 16.4. The van der Waals surface area contributed by atoms with Gasteiger partial charge in [-0.1, -0.05) is 11.6 Å². The van der Waals surface area contributed by atoms with Crippen LogP contribution in [0.25, 0.3) is 0 Å². The van der Waals surface area contributed by atoms with Crippen LogP contribution in [0.15, 0.2) is 5.16 Å². The molecular formula is C10H17N5O4. The molecule has 0 saturated heterocycles. The van der Waals surface area contributed by atoms with Crippen molar-refractivity contribution in [3.63, 3.8) is 0 Å². The van der Waals surface area contributed by atoms with Gasteiger partial charge in [-0.2, -0.15) is 0 Å². The number of hydrogen-bond acceptors (Lipinski definition) is 5. The van der Waals surface area contributed by atoms with E-state index in [1.165, 1.54) is 0 Å². The lowest BCUT2D eigenvalue weighted by atomic mass is 9.67. The summed E-state index contributed by atoms with van der Waals surface area (Å²) in [4.78, 5) is 35.2. The number of carbonyl (C=O) groups is 3. The zero-order valence-corrected chi connectivity index (χ0v) is 10.3. The molecule has 0 bridgehead atoms. The molecule has 0 aromatic carbocycles. The number of oxime groups is 1. The fourth-order valence-electron chi connectivity index (χ4n) is 2.08. The van der Waals surface area contributed by atoms with Crippen molar-refractivity contribution in [3.05, 3.63) is 0 Å². The maximum Gasteiger partial charge on any atom is 0.237 e. The van der Waals surface area contributed by atoms with Crippen LogP contribution < -0.4 is 17.2 Å². The Morgan fingerprint density at radius 2 is 1.58 bits per heavy atom. The minimum atomic E-state index is -1.17. The number of nitrogens with zero attached hydrogens (tertiary/aromatic N) is 2. The third-order valence-electron chi connectivity index (χ3n) is 3.20.